The van der Waals surface area contributed by atoms with Crippen LogP contribution in [0.1, 0.15) is 16.0 Å². The van der Waals surface area contributed by atoms with Crippen LogP contribution >= 0.6 is 22.9 Å². The number of halogens is 1. The summed E-state index contributed by atoms with van der Waals surface area (Å²) in [5, 5.41) is 2.48. The largest absolute Gasteiger partial charge is 0.402 e. The number of aryl methyl sites for hydroxylation is 1. The molecule has 0 aliphatic carbocycles. The van der Waals surface area contributed by atoms with E-state index in [1.807, 2.05) is 30.5 Å². The first-order valence-electron chi connectivity index (χ1n) is 5.97. The molecular formula is C15H10ClNO2S. The average Bonchev–Trinajstić information content (AvgIpc) is 2.98. The summed E-state index contributed by atoms with van der Waals surface area (Å²) in [5.41, 5.74) is 2.02. The number of nitrogens with zero attached hydrogens (tertiary/aromatic N) is 1. The lowest BCUT2D eigenvalue weighted by molar-refractivity contribution is -0.129. The van der Waals surface area contributed by atoms with Crippen LogP contribution < -0.4 is 0 Å². The number of carbonyl (C=O) groups is 1. The molecular weight excluding hydrogens is 294 g/mol. The Labute approximate surface area is 125 Å². The zero-order valence-corrected chi connectivity index (χ0v) is 12.2. The number of ether oxygens (including phenoxy) is 1. The summed E-state index contributed by atoms with van der Waals surface area (Å²) in [6.45, 7) is 1.99. The van der Waals surface area contributed by atoms with Gasteiger partial charge in [-0.3, -0.25) is 0 Å². The number of carbonyl (C=O) groups excluding carboxylic acids is 1. The molecule has 3 nitrogen and oxygen atoms in total. The van der Waals surface area contributed by atoms with Crippen molar-refractivity contribution in [3.8, 4) is 0 Å². The molecule has 0 spiro atoms. The maximum absolute atomic E-state index is 11.9. The molecule has 1 aromatic carbocycles. The minimum atomic E-state index is -0.451. The number of thiophene rings is 1. The lowest BCUT2D eigenvalue weighted by atomic mass is 10.2. The second kappa shape index (κ2) is 5.23. The van der Waals surface area contributed by atoms with Crippen LogP contribution in [0.15, 0.2) is 46.4 Å². The molecule has 0 N–H and O–H groups in total. The monoisotopic (exact) mass is 303 g/mol. The molecule has 0 saturated heterocycles. The third kappa shape index (κ3) is 2.40. The number of benzene rings is 1. The first-order valence-corrected chi connectivity index (χ1v) is 7.22. The van der Waals surface area contributed by atoms with Crippen molar-refractivity contribution >= 4 is 40.9 Å². The topological polar surface area (TPSA) is 38.7 Å². The minimum absolute atomic E-state index is 0.251. The Morgan fingerprint density at radius 1 is 1.30 bits per heavy atom. The van der Waals surface area contributed by atoms with Crippen LogP contribution in [0.2, 0.25) is 5.02 Å². The van der Waals surface area contributed by atoms with Gasteiger partial charge in [-0.15, -0.1) is 11.3 Å². The highest BCUT2D eigenvalue weighted by Gasteiger charge is 2.25. The van der Waals surface area contributed by atoms with Crippen molar-refractivity contribution < 1.29 is 9.53 Å². The van der Waals surface area contributed by atoms with Gasteiger partial charge in [-0.1, -0.05) is 23.7 Å². The summed E-state index contributed by atoms with van der Waals surface area (Å²) < 4.78 is 5.19. The molecule has 2 heterocycles. The van der Waals surface area contributed by atoms with Gasteiger partial charge >= 0.3 is 5.97 Å². The molecule has 0 unspecified atom stereocenters. The Balaban J connectivity index is 2.00. The van der Waals surface area contributed by atoms with Gasteiger partial charge in [-0.05, 0) is 42.1 Å². The first kappa shape index (κ1) is 13.1. The molecule has 20 heavy (non-hydrogen) atoms. The molecule has 0 atom stereocenters. The summed E-state index contributed by atoms with van der Waals surface area (Å²) in [7, 11) is 0. The second-order valence-corrected chi connectivity index (χ2v) is 5.64. The predicted molar refractivity (Wildman–Crippen MR) is 81.1 cm³/mol. The van der Waals surface area contributed by atoms with Crippen molar-refractivity contribution in [1.82, 2.24) is 0 Å². The molecule has 3 rings (SSSR count). The number of aliphatic imine (C=N–C) groups is 1. The van der Waals surface area contributed by atoms with Crippen molar-refractivity contribution in [2.45, 2.75) is 6.92 Å². The highest BCUT2D eigenvalue weighted by molar-refractivity contribution is 7.11. The highest BCUT2D eigenvalue weighted by atomic mass is 35.5. The zero-order valence-electron chi connectivity index (χ0n) is 10.6. The van der Waals surface area contributed by atoms with Crippen LogP contribution in [0, 0.1) is 6.92 Å². The molecule has 1 aliphatic heterocycles. The van der Waals surface area contributed by atoms with Crippen LogP contribution in [0.25, 0.3) is 6.08 Å². The average molecular weight is 304 g/mol. The fourth-order valence-corrected chi connectivity index (χ4v) is 2.88. The number of hydrogen-bond acceptors (Lipinski definition) is 4. The third-order valence-electron chi connectivity index (χ3n) is 2.89. The Bertz CT molecular complexity index is 746. The quantitative estimate of drug-likeness (QED) is 0.620. The lowest BCUT2D eigenvalue weighted by Crippen LogP contribution is -2.05. The summed E-state index contributed by atoms with van der Waals surface area (Å²) in [6.07, 6.45) is 1.74. The van der Waals surface area contributed by atoms with Gasteiger partial charge < -0.3 is 4.74 Å². The van der Waals surface area contributed by atoms with Gasteiger partial charge in [0.05, 0.1) is 10.6 Å². The van der Waals surface area contributed by atoms with E-state index in [1.54, 1.807) is 29.5 Å². The van der Waals surface area contributed by atoms with Crippen LogP contribution in [0.3, 0.4) is 0 Å². The van der Waals surface area contributed by atoms with Crippen molar-refractivity contribution in [1.29, 1.82) is 0 Å². The van der Waals surface area contributed by atoms with E-state index in [2.05, 4.69) is 4.99 Å². The van der Waals surface area contributed by atoms with Crippen LogP contribution in [-0.2, 0) is 9.53 Å². The van der Waals surface area contributed by atoms with E-state index in [-0.39, 0.29) is 5.90 Å². The standard InChI is InChI=1S/C15H10ClNO2S/c1-9-6-7-20-13(9)8-12-15(18)19-14(17-12)10-4-2-3-5-11(10)16/h2-8H,1H3. The van der Waals surface area contributed by atoms with E-state index < -0.39 is 5.97 Å². The summed E-state index contributed by atoms with van der Waals surface area (Å²) in [6, 6.07) is 9.14. The molecule has 0 amide bonds. The molecule has 1 aliphatic rings. The van der Waals surface area contributed by atoms with Gasteiger partial charge in [0.15, 0.2) is 5.70 Å². The maximum Gasteiger partial charge on any atom is 0.363 e. The summed E-state index contributed by atoms with van der Waals surface area (Å²) >= 11 is 7.64. The molecule has 1 aromatic heterocycles. The van der Waals surface area contributed by atoms with Gasteiger partial charge in [0.25, 0.3) is 0 Å². The molecule has 2 aromatic rings. The van der Waals surface area contributed by atoms with Crippen LogP contribution in [0.5, 0.6) is 0 Å². The SMILES string of the molecule is Cc1ccsc1C=C1N=C(c2ccccc2Cl)OC1=O. The van der Waals surface area contributed by atoms with Crippen molar-refractivity contribution in [3.63, 3.8) is 0 Å². The summed E-state index contributed by atoms with van der Waals surface area (Å²) in [5.74, 6) is -0.200. The van der Waals surface area contributed by atoms with E-state index >= 15 is 0 Å². The van der Waals surface area contributed by atoms with Crippen LogP contribution in [-0.4, -0.2) is 11.9 Å². The molecule has 5 heteroatoms. The number of rotatable bonds is 2. The highest BCUT2D eigenvalue weighted by Crippen LogP contribution is 2.25. The number of hydrogen-bond donors (Lipinski definition) is 0. The maximum atomic E-state index is 11.9. The normalized spacial score (nSPS) is 16.4. The predicted octanol–water partition coefficient (Wildman–Crippen LogP) is 4.05. The van der Waals surface area contributed by atoms with Crippen molar-refractivity contribution in [2.75, 3.05) is 0 Å². The first-order chi connectivity index (χ1) is 9.65. The molecule has 0 bridgehead atoms. The summed E-state index contributed by atoms with van der Waals surface area (Å²) in [4.78, 5) is 17.1. The Morgan fingerprint density at radius 2 is 2.10 bits per heavy atom. The van der Waals surface area contributed by atoms with Gasteiger partial charge in [0, 0.05) is 4.88 Å². The van der Waals surface area contributed by atoms with Gasteiger partial charge in [0.1, 0.15) is 0 Å². The third-order valence-corrected chi connectivity index (χ3v) is 4.19. The van der Waals surface area contributed by atoms with Crippen molar-refractivity contribution in [2.24, 2.45) is 4.99 Å². The van der Waals surface area contributed by atoms with Gasteiger partial charge in [-0.25, -0.2) is 9.79 Å². The fraction of sp³-hybridized carbons (Fsp3) is 0.0667. The second-order valence-electron chi connectivity index (χ2n) is 4.28. The zero-order chi connectivity index (χ0) is 14.1. The molecule has 100 valence electrons. The Morgan fingerprint density at radius 3 is 2.80 bits per heavy atom. The molecule has 0 radical (unpaired) electrons. The Kier molecular flexibility index (Phi) is 3.42. The fourth-order valence-electron chi connectivity index (χ4n) is 1.82. The lowest BCUT2D eigenvalue weighted by Gasteiger charge is -2.00. The van der Waals surface area contributed by atoms with E-state index in [4.69, 9.17) is 16.3 Å². The molecule has 0 saturated carbocycles. The molecule has 0 fully saturated rings. The number of cyclic esters (lactones) is 1. The van der Waals surface area contributed by atoms with Gasteiger partial charge in [-0.2, -0.15) is 0 Å². The van der Waals surface area contributed by atoms with Gasteiger partial charge in [0.2, 0.25) is 5.90 Å². The number of esters is 1. The van der Waals surface area contributed by atoms with E-state index in [0.717, 1.165) is 10.4 Å². The van der Waals surface area contributed by atoms with Crippen LogP contribution in [0.4, 0.5) is 0 Å². The minimum Gasteiger partial charge on any atom is -0.402 e. The van der Waals surface area contributed by atoms with E-state index in [1.165, 1.54) is 0 Å². The smallest absolute Gasteiger partial charge is 0.363 e. The van der Waals surface area contributed by atoms with E-state index in [0.29, 0.717) is 16.3 Å². The van der Waals surface area contributed by atoms with Crippen molar-refractivity contribution in [3.05, 3.63) is 62.4 Å². The van der Waals surface area contributed by atoms with E-state index in [9.17, 15) is 4.79 Å². The Hall–Kier alpha value is -1.91.